The predicted octanol–water partition coefficient (Wildman–Crippen LogP) is 1.01. The molecular formula is C13H27N3. The van der Waals surface area contributed by atoms with Gasteiger partial charge in [0.1, 0.15) is 0 Å². The van der Waals surface area contributed by atoms with Crippen LogP contribution in [0, 0.1) is 5.41 Å². The van der Waals surface area contributed by atoms with Crippen molar-refractivity contribution >= 4 is 0 Å². The number of rotatable bonds is 4. The minimum atomic E-state index is 0.578. The van der Waals surface area contributed by atoms with E-state index in [9.17, 15) is 0 Å². The Bertz CT molecular complexity index is 203. The van der Waals surface area contributed by atoms with Gasteiger partial charge in [-0.15, -0.1) is 0 Å². The molecule has 0 amide bonds. The zero-order valence-electron chi connectivity index (χ0n) is 11.0. The standard InChI is InChI=1S/C13H27N3/c1-3-13(5-6-14-11-13)12-16-9-7-15(4-2)8-10-16/h14H,3-12H2,1-2H3. The van der Waals surface area contributed by atoms with Crippen molar-refractivity contribution < 1.29 is 0 Å². The fourth-order valence-corrected chi connectivity index (χ4v) is 3.08. The van der Waals surface area contributed by atoms with Crippen LogP contribution in [-0.2, 0) is 0 Å². The lowest BCUT2D eigenvalue weighted by Crippen LogP contribution is -2.50. The molecule has 0 aromatic rings. The van der Waals surface area contributed by atoms with Crippen molar-refractivity contribution in [1.82, 2.24) is 15.1 Å². The molecule has 0 saturated carbocycles. The summed E-state index contributed by atoms with van der Waals surface area (Å²) in [6, 6.07) is 0. The first kappa shape index (κ1) is 12.3. The van der Waals surface area contributed by atoms with Crippen LogP contribution < -0.4 is 5.32 Å². The molecule has 16 heavy (non-hydrogen) atoms. The third kappa shape index (κ3) is 2.76. The highest BCUT2D eigenvalue weighted by atomic mass is 15.3. The summed E-state index contributed by atoms with van der Waals surface area (Å²) >= 11 is 0. The Balaban J connectivity index is 1.81. The van der Waals surface area contributed by atoms with Crippen molar-refractivity contribution in [3.63, 3.8) is 0 Å². The number of piperazine rings is 1. The van der Waals surface area contributed by atoms with E-state index in [1.165, 1.54) is 65.2 Å². The summed E-state index contributed by atoms with van der Waals surface area (Å²) in [6.07, 6.45) is 2.70. The van der Waals surface area contributed by atoms with Crippen molar-refractivity contribution in [3.05, 3.63) is 0 Å². The molecule has 1 N–H and O–H groups in total. The predicted molar refractivity (Wildman–Crippen MR) is 68.8 cm³/mol. The van der Waals surface area contributed by atoms with E-state index in [2.05, 4.69) is 29.0 Å². The van der Waals surface area contributed by atoms with Gasteiger partial charge in [0.25, 0.3) is 0 Å². The van der Waals surface area contributed by atoms with Gasteiger partial charge in [0, 0.05) is 39.3 Å². The molecule has 1 unspecified atom stereocenters. The Kier molecular flexibility index (Phi) is 4.22. The van der Waals surface area contributed by atoms with E-state index in [1.54, 1.807) is 0 Å². The molecule has 2 rings (SSSR count). The van der Waals surface area contributed by atoms with Crippen LogP contribution in [0.15, 0.2) is 0 Å². The molecule has 0 aliphatic carbocycles. The fraction of sp³-hybridized carbons (Fsp3) is 1.00. The van der Waals surface area contributed by atoms with Crippen molar-refractivity contribution in [3.8, 4) is 0 Å². The lowest BCUT2D eigenvalue weighted by Gasteiger charge is -2.39. The van der Waals surface area contributed by atoms with Crippen LogP contribution in [0.4, 0.5) is 0 Å². The summed E-state index contributed by atoms with van der Waals surface area (Å²) in [6.45, 7) is 14.7. The Morgan fingerprint density at radius 1 is 1.06 bits per heavy atom. The highest BCUT2D eigenvalue weighted by Crippen LogP contribution is 2.30. The van der Waals surface area contributed by atoms with Crippen LogP contribution in [0.3, 0.4) is 0 Å². The van der Waals surface area contributed by atoms with Gasteiger partial charge < -0.3 is 15.1 Å². The first-order valence-corrected chi connectivity index (χ1v) is 6.93. The minimum absolute atomic E-state index is 0.578. The highest BCUT2D eigenvalue weighted by Gasteiger charge is 2.34. The van der Waals surface area contributed by atoms with Gasteiger partial charge in [0.2, 0.25) is 0 Å². The Morgan fingerprint density at radius 3 is 2.25 bits per heavy atom. The molecule has 3 heteroatoms. The van der Waals surface area contributed by atoms with Gasteiger partial charge in [0.05, 0.1) is 0 Å². The van der Waals surface area contributed by atoms with Gasteiger partial charge in [-0.3, -0.25) is 0 Å². The topological polar surface area (TPSA) is 18.5 Å². The Labute approximate surface area is 100 Å². The smallest absolute Gasteiger partial charge is 0.0110 e. The second kappa shape index (κ2) is 5.48. The molecule has 2 aliphatic rings. The third-order valence-electron chi connectivity index (χ3n) is 4.55. The molecule has 94 valence electrons. The molecule has 2 aliphatic heterocycles. The van der Waals surface area contributed by atoms with Crippen molar-refractivity contribution in [2.75, 3.05) is 52.4 Å². The molecule has 3 nitrogen and oxygen atoms in total. The van der Waals surface area contributed by atoms with Crippen LogP contribution in [-0.4, -0.2) is 62.2 Å². The van der Waals surface area contributed by atoms with E-state index >= 15 is 0 Å². The van der Waals surface area contributed by atoms with E-state index in [0.717, 1.165) is 0 Å². The van der Waals surface area contributed by atoms with E-state index in [4.69, 9.17) is 0 Å². The Morgan fingerprint density at radius 2 is 1.75 bits per heavy atom. The summed E-state index contributed by atoms with van der Waals surface area (Å²) in [4.78, 5) is 5.24. The molecule has 0 radical (unpaired) electrons. The summed E-state index contributed by atoms with van der Waals surface area (Å²) in [7, 11) is 0. The lowest BCUT2D eigenvalue weighted by molar-refractivity contribution is 0.0917. The van der Waals surface area contributed by atoms with Crippen LogP contribution in [0.25, 0.3) is 0 Å². The number of nitrogens with one attached hydrogen (secondary N) is 1. The average molecular weight is 225 g/mol. The Hall–Kier alpha value is -0.120. The van der Waals surface area contributed by atoms with Gasteiger partial charge in [-0.05, 0) is 31.3 Å². The molecule has 0 aromatic carbocycles. The third-order valence-corrected chi connectivity index (χ3v) is 4.55. The number of hydrogen-bond donors (Lipinski definition) is 1. The zero-order valence-corrected chi connectivity index (χ0v) is 11.0. The van der Waals surface area contributed by atoms with Crippen molar-refractivity contribution in [2.45, 2.75) is 26.7 Å². The fourth-order valence-electron chi connectivity index (χ4n) is 3.08. The summed E-state index contributed by atoms with van der Waals surface area (Å²) < 4.78 is 0. The van der Waals surface area contributed by atoms with Gasteiger partial charge >= 0.3 is 0 Å². The van der Waals surface area contributed by atoms with E-state index in [-0.39, 0.29) is 0 Å². The molecule has 0 bridgehead atoms. The first-order chi connectivity index (χ1) is 7.78. The largest absolute Gasteiger partial charge is 0.316 e. The van der Waals surface area contributed by atoms with E-state index < -0.39 is 0 Å². The monoisotopic (exact) mass is 225 g/mol. The molecule has 0 spiro atoms. The van der Waals surface area contributed by atoms with Crippen molar-refractivity contribution in [1.29, 1.82) is 0 Å². The summed E-state index contributed by atoms with van der Waals surface area (Å²) in [5.41, 5.74) is 0.578. The molecule has 2 fully saturated rings. The second-order valence-corrected chi connectivity index (χ2v) is 5.49. The SMILES string of the molecule is CCN1CCN(CC2(CC)CCNC2)CC1. The normalized spacial score (nSPS) is 33.4. The molecule has 2 saturated heterocycles. The minimum Gasteiger partial charge on any atom is -0.316 e. The quantitative estimate of drug-likeness (QED) is 0.770. The van der Waals surface area contributed by atoms with Crippen LogP contribution in [0.2, 0.25) is 0 Å². The highest BCUT2D eigenvalue weighted by molar-refractivity contribution is 4.90. The zero-order chi connectivity index (χ0) is 11.4. The van der Waals surface area contributed by atoms with E-state index in [1.807, 2.05) is 0 Å². The number of hydrogen-bond acceptors (Lipinski definition) is 3. The van der Waals surface area contributed by atoms with Gasteiger partial charge in [-0.2, -0.15) is 0 Å². The molecule has 1 atom stereocenters. The molecule has 2 heterocycles. The maximum Gasteiger partial charge on any atom is 0.0110 e. The molecule has 0 aromatic heterocycles. The van der Waals surface area contributed by atoms with Crippen LogP contribution >= 0.6 is 0 Å². The maximum absolute atomic E-state index is 3.54. The van der Waals surface area contributed by atoms with E-state index in [0.29, 0.717) is 5.41 Å². The molecular weight excluding hydrogens is 198 g/mol. The van der Waals surface area contributed by atoms with Gasteiger partial charge in [0.15, 0.2) is 0 Å². The number of likely N-dealkylation sites (N-methyl/N-ethyl adjacent to an activating group) is 1. The van der Waals surface area contributed by atoms with Gasteiger partial charge in [-0.1, -0.05) is 13.8 Å². The summed E-state index contributed by atoms with van der Waals surface area (Å²) in [5.74, 6) is 0. The van der Waals surface area contributed by atoms with Gasteiger partial charge in [-0.25, -0.2) is 0 Å². The van der Waals surface area contributed by atoms with Crippen LogP contribution in [0.5, 0.6) is 0 Å². The van der Waals surface area contributed by atoms with Crippen molar-refractivity contribution in [2.24, 2.45) is 5.41 Å². The lowest BCUT2D eigenvalue weighted by atomic mass is 9.83. The summed E-state index contributed by atoms with van der Waals surface area (Å²) in [5, 5.41) is 3.54. The second-order valence-electron chi connectivity index (χ2n) is 5.49. The first-order valence-electron chi connectivity index (χ1n) is 6.93. The number of nitrogens with zero attached hydrogens (tertiary/aromatic N) is 2. The van der Waals surface area contributed by atoms with Crippen LogP contribution in [0.1, 0.15) is 26.7 Å². The average Bonchev–Trinajstić information content (AvgIpc) is 2.79. The maximum atomic E-state index is 3.54.